The summed E-state index contributed by atoms with van der Waals surface area (Å²) in [5, 5.41) is 4.01. The standard InChI is InChI=1S/C6H8FN3/c1-4-8-6-5(7)2-3-10(6)9-4/h5H,2-3H2,1H3/t5-/m1/s1. The van der Waals surface area contributed by atoms with E-state index in [1.807, 2.05) is 0 Å². The fourth-order valence-corrected chi connectivity index (χ4v) is 1.23. The fraction of sp³-hybridized carbons (Fsp3) is 0.667. The predicted octanol–water partition coefficient (Wildman–Crippen LogP) is 1.00. The Labute approximate surface area is 57.9 Å². The minimum absolute atomic E-state index is 0.498. The van der Waals surface area contributed by atoms with Crippen molar-refractivity contribution in [1.82, 2.24) is 14.8 Å². The van der Waals surface area contributed by atoms with Gasteiger partial charge < -0.3 is 0 Å². The molecule has 0 unspecified atom stereocenters. The third-order valence-electron chi connectivity index (χ3n) is 1.68. The molecule has 0 saturated carbocycles. The first-order chi connectivity index (χ1) is 4.77. The van der Waals surface area contributed by atoms with Crippen LogP contribution in [-0.4, -0.2) is 14.8 Å². The van der Waals surface area contributed by atoms with Crippen molar-refractivity contribution in [3.05, 3.63) is 11.6 Å². The first-order valence-electron chi connectivity index (χ1n) is 3.33. The molecule has 0 spiro atoms. The minimum Gasteiger partial charge on any atom is -0.247 e. The van der Waals surface area contributed by atoms with Gasteiger partial charge in [-0.1, -0.05) is 0 Å². The van der Waals surface area contributed by atoms with Gasteiger partial charge in [0.25, 0.3) is 0 Å². The zero-order chi connectivity index (χ0) is 7.14. The molecule has 2 heterocycles. The SMILES string of the molecule is Cc1nc2n(n1)CC[C@H]2F. The molecule has 3 nitrogen and oxygen atoms in total. The van der Waals surface area contributed by atoms with Gasteiger partial charge in [-0.2, -0.15) is 5.10 Å². The Hall–Kier alpha value is -0.930. The zero-order valence-corrected chi connectivity index (χ0v) is 5.71. The second-order valence-corrected chi connectivity index (χ2v) is 2.50. The van der Waals surface area contributed by atoms with Gasteiger partial charge in [-0.3, -0.25) is 0 Å². The number of hydrogen-bond donors (Lipinski definition) is 0. The van der Waals surface area contributed by atoms with E-state index in [-0.39, 0.29) is 0 Å². The van der Waals surface area contributed by atoms with Gasteiger partial charge in [-0.05, 0) is 6.92 Å². The molecule has 1 aliphatic rings. The van der Waals surface area contributed by atoms with E-state index >= 15 is 0 Å². The summed E-state index contributed by atoms with van der Waals surface area (Å²) in [5.74, 6) is 1.16. The van der Waals surface area contributed by atoms with Crippen molar-refractivity contribution in [2.45, 2.75) is 26.1 Å². The van der Waals surface area contributed by atoms with E-state index in [2.05, 4.69) is 10.1 Å². The van der Waals surface area contributed by atoms with E-state index in [0.29, 0.717) is 24.6 Å². The number of nitrogens with zero attached hydrogens (tertiary/aromatic N) is 3. The second-order valence-electron chi connectivity index (χ2n) is 2.50. The highest BCUT2D eigenvalue weighted by Gasteiger charge is 2.24. The highest BCUT2D eigenvalue weighted by atomic mass is 19.1. The van der Waals surface area contributed by atoms with Crippen LogP contribution in [0.5, 0.6) is 0 Å². The smallest absolute Gasteiger partial charge is 0.161 e. The molecule has 0 saturated heterocycles. The average Bonchev–Trinajstić information content (AvgIpc) is 2.35. The summed E-state index contributed by atoms with van der Waals surface area (Å²) in [6.07, 6.45) is -0.350. The molecule has 0 fully saturated rings. The maximum absolute atomic E-state index is 12.8. The van der Waals surface area contributed by atoms with E-state index in [1.54, 1.807) is 11.6 Å². The van der Waals surface area contributed by atoms with E-state index < -0.39 is 6.17 Å². The first kappa shape index (κ1) is 5.82. The molecule has 0 aliphatic carbocycles. The summed E-state index contributed by atoms with van der Waals surface area (Å²) in [6, 6.07) is 0. The average molecular weight is 141 g/mol. The lowest BCUT2D eigenvalue weighted by atomic mass is 10.3. The molecule has 54 valence electrons. The first-order valence-corrected chi connectivity index (χ1v) is 3.33. The molecule has 1 atom stereocenters. The van der Waals surface area contributed by atoms with Crippen molar-refractivity contribution in [1.29, 1.82) is 0 Å². The van der Waals surface area contributed by atoms with Crippen LogP contribution in [0.3, 0.4) is 0 Å². The fourth-order valence-electron chi connectivity index (χ4n) is 1.23. The maximum Gasteiger partial charge on any atom is 0.161 e. The molecule has 1 aromatic heterocycles. The third-order valence-corrected chi connectivity index (χ3v) is 1.68. The Morgan fingerprint density at radius 3 is 3.20 bits per heavy atom. The van der Waals surface area contributed by atoms with Gasteiger partial charge >= 0.3 is 0 Å². The monoisotopic (exact) mass is 141 g/mol. The molecule has 1 aliphatic heterocycles. The number of fused-ring (bicyclic) bond motifs is 1. The Morgan fingerprint density at radius 2 is 2.50 bits per heavy atom. The molecule has 2 rings (SSSR count). The number of aromatic nitrogens is 3. The molecule has 0 N–H and O–H groups in total. The number of halogens is 1. The summed E-state index contributed by atoms with van der Waals surface area (Å²) < 4.78 is 14.4. The van der Waals surface area contributed by atoms with Crippen LogP contribution < -0.4 is 0 Å². The minimum atomic E-state index is -0.888. The van der Waals surface area contributed by atoms with Crippen LogP contribution in [0.1, 0.15) is 24.2 Å². The van der Waals surface area contributed by atoms with Gasteiger partial charge in [0, 0.05) is 13.0 Å². The van der Waals surface area contributed by atoms with Gasteiger partial charge in [0.05, 0.1) is 0 Å². The molecule has 0 amide bonds. The second kappa shape index (κ2) is 1.78. The highest BCUT2D eigenvalue weighted by molar-refractivity contribution is 4.99. The Morgan fingerprint density at radius 1 is 1.70 bits per heavy atom. The van der Waals surface area contributed by atoms with Crippen LogP contribution in [0.4, 0.5) is 4.39 Å². The number of aryl methyl sites for hydroxylation is 2. The maximum atomic E-state index is 12.8. The predicted molar refractivity (Wildman–Crippen MR) is 33.2 cm³/mol. The van der Waals surface area contributed by atoms with Gasteiger partial charge in [0.2, 0.25) is 0 Å². The van der Waals surface area contributed by atoms with Crippen molar-refractivity contribution < 1.29 is 4.39 Å². The molecule has 0 aromatic carbocycles. The van der Waals surface area contributed by atoms with Crippen molar-refractivity contribution in [3.8, 4) is 0 Å². The molecular formula is C6H8FN3. The molecular weight excluding hydrogens is 133 g/mol. The largest absolute Gasteiger partial charge is 0.247 e. The van der Waals surface area contributed by atoms with Gasteiger partial charge in [-0.25, -0.2) is 14.1 Å². The molecule has 0 bridgehead atoms. The number of rotatable bonds is 0. The van der Waals surface area contributed by atoms with Crippen LogP contribution in [0, 0.1) is 6.92 Å². The Kier molecular flexibility index (Phi) is 1.03. The third kappa shape index (κ3) is 0.647. The van der Waals surface area contributed by atoms with Crippen LogP contribution in [0.25, 0.3) is 0 Å². The normalized spacial score (nSPS) is 23.2. The Balaban J connectivity index is 2.49. The van der Waals surface area contributed by atoms with E-state index in [0.717, 1.165) is 0 Å². The van der Waals surface area contributed by atoms with E-state index in [1.165, 1.54) is 0 Å². The van der Waals surface area contributed by atoms with Crippen LogP contribution >= 0.6 is 0 Å². The lowest BCUT2D eigenvalue weighted by Gasteiger charge is -1.89. The van der Waals surface area contributed by atoms with E-state index in [9.17, 15) is 4.39 Å². The molecule has 0 radical (unpaired) electrons. The summed E-state index contributed by atoms with van der Waals surface area (Å²) in [4.78, 5) is 3.95. The zero-order valence-electron chi connectivity index (χ0n) is 5.71. The van der Waals surface area contributed by atoms with Crippen LogP contribution in [-0.2, 0) is 6.54 Å². The lowest BCUT2D eigenvalue weighted by molar-refractivity contribution is 0.337. The number of alkyl halides is 1. The van der Waals surface area contributed by atoms with E-state index in [4.69, 9.17) is 0 Å². The van der Waals surface area contributed by atoms with Gasteiger partial charge in [-0.15, -0.1) is 0 Å². The van der Waals surface area contributed by atoms with Crippen molar-refractivity contribution in [2.75, 3.05) is 0 Å². The lowest BCUT2D eigenvalue weighted by Crippen LogP contribution is -1.94. The van der Waals surface area contributed by atoms with Crippen molar-refractivity contribution >= 4 is 0 Å². The van der Waals surface area contributed by atoms with Gasteiger partial charge in [0.15, 0.2) is 12.0 Å². The quantitative estimate of drug-likeness (QED) is 0.539. The number of hydrogen-bond acceptors (Lipinski definition) is 2. The summed E-state index contributed by atoms with van der Waals surface area (Å²) in [6.45, 7) is 2.45. The molecule has 4 heteroatoms. The van der Waals surface area contributed by atoms with Gasteiger partial charge in [0.1, 0.15) is 5.82 Å². The summed E-state index contributed by atoms with van der Waals surface area (Å²) in [5.41, 5.74) is 0. The Bertz CT molecular complexity index is 255. The molecule has 1 aromatic rings. The van der Waals surface area contributed by atoms with Crippen molar-refractivity contribution in [3.63, 3.8) is 0 Å². The topological polar surface area (TPSA) is 30.7 Å². The summed E-state index contributed by atoms with van der Waals surface area (Å²) >= 11 is 0. The summed E-state index contributed by atoms with van der Waals surface area (Å²) in [7, 11) is 0. The van der Waals surface area contributed by atoms with Crippen LogP contribution in [0.15, 0.2) is 0 Å². The molecule has 10 heavy (non-hydrogen) atoms. The van der Waals surface area contributed by atoms with Crippen molar-refractivity contribution in [2.24, 2.45) is 0 Å². The van der Waals surface area contributed by atoms with Crippen LogP contribution in [0.2, 0.25) is 0 Å². The highest BCUT2D eigenvalue weighted by Crippen LogP contribution is 2.26.